The standard InChI is InChI=1S/C24H25F3N4O3/c1-29-12-17(11-28)16-6-15-7-18(4-5-22(15)30-13-16)31(14-23(32)24(25,26)27)19-8-20(33-2)10-21(9-19)34-3/h4-13,23,32H,14,28H2,1-3H3. The number of anilines is 2. The lowest BCUT2D eigenvalue weighted by Gasteiger charge is -2.29. The number of rotatable bonds is 8. The molecule has 0 radical (unpaired) electrons. The minimum absolute atomic E-state index is 0.351. The van der Waals surface area contributed by atoms with E-state index in [1.165, 1.54) is 25.3 Å². The molecule has 1 aromatic heterocycles. The molecule has 0 saturated heterocycles. The van der Waals surface area contributed by atoms with Crippen molar-refractivity contribution in [2.24, 2.45) is 10.7 Å². The summed E-state index contributed by atoms with van der Waals surface area (Å²) >= 11 is 0. The molecule has 0 bridgehead atoms. The van der Waals surface area contributed by atoms with Crippen LogP contribution >= 0.6 is 0 Å². The van der Waals surface area contributed by atoms with Crippen molar-refractivity contribution in [1.82, 2.24) is 4.98 Å². The maximum atomic E-state index is 13.3. The van der Waals surface area contributed by atoms with E-state index in [0.29, 0.717) is 44.9 Å². The van der Waals surface area contributed by atoms with Gasteiger partial charge in [0, 0.05) is 71.8 Å². The second-order valence-electron chi connectivity index (χ2n) is 7.35. The molecule has 0 spiro atoms. The van der Waals surface area contributed by atoms with Gasteiger partial charge < -0.3 is 25.2 Å². The number of ether oxygens (including phenoxy) is 2. The Morgan fingerprint density at radius 1 is 1.12 bits per heavy atom. The van der Waals surface area contributed by atoms with Crippen molar-refractivity contribution in [3.8, 4) is 11.5 Å². The van der Waals surface area contributed by atoms with Crippen LogP contribution in [0, 0.1) is 0 Å². The van der Waals surface area contributed by atoms with Crippen LogP contribution in [0.3, 0.4) is 0 Å². The number of aromatic nitrogens is 1. The molecular formula is C24H25F3N4O3. The molecule has 1 atom stereocenters. The number of hydrogen-bond acceptors (Lipinski definition) is 7. The Morgan fingerprint density at radius 2 is 1.79 bits per heavy atom. The highest BCUT2D eigenvalue weighted by Gasteiger charge is 2.39. The molecule has 0 fully saturated rings. The maximum Gasteiger partial charge on any atom is 0.416 e. The number of alkyl halides is 3. The fraction of sp³-hybridized carbons (Fsp3) is 0.250. The van der Waals surface area contributed by atoms with Gasteiger partial charge in [-0.2, -0.15) is 13.2 Å². The normalized spacial score (nSPS) is 13.3. The third-order valence-electron chi connectivity index (χ3n) is 5.14. The summed E-state index contributed by atoms with van der Waals surface area (Å²) in [5.41, 5.74) is 8.43. The SMILES string of the molecule is CN=CC(=CN)c1cnc2ccc(N(CC(O)C(F)(F)F)c3cc(OC)cc(OC)c3)cc2c1. The molecule has 1 unspecified atom stereocenters. The first-order valence-electron chi connectivity index (χ1n) is 10.2. The molecule has 0 saturated carbocycles. The number of allylic oxidation sites excluding steroid dienone is 1. The van der Waals surface area contributed by atoms with Crippen LogP contribution in [0.1, 0.15) is 5.56 Å². The highest BCUT2D eigenvalue weighted by molar-refractivity contribution is 6.10. The van der Waals surface area contributed by atoms with E-state index in [9.17, 15) is 18.3 Å². The molecule has 2 aromatic carbocycles. The number of benzene rings is 2. The van der Waals surface area contributed by atoms with Crippen LogP contribution in [0.4, 0.5) is 24.5 Å². The average Bonchev–Trinajstić information content (AvgIpc) is 2.83. The number of aliphatic hydroxyl groups excluding tert-OH is 1. The molecule has 1 heterocycles. The summed E-state index contributed by atoms with van der Waals surface area (Å²) in [6.07, 6.45) is -2.76. The van der Waals surface area contributed by atoms with Gasteiger partial charge in [0.1, 0.15) is 11.5 Å². The second kappa shape index (κ2) is 10.4. The molecule has 34 heavy (non-hydrogen) atoms. The number of nitrogens with zero attached hydrogens (tertiary/aromatic N) is 3. The van der Waals surface area contributed by atoms with Crippen LogP contribution in [0.25, 0.3) is 16.5 Å². The Hall–Kier alpha value is -3.79. The summed E-state index contributed by atoms with van der Waals surface area (Å²) in [7, 11) is 4.50. The summed E-state index contributed by atoms with van der Waals surface area (Å²) in [4.78, 5) is 9.73. The molecule has 3 N–H and O–H groups in total. The van der Waals surface area contributed by atoms with Gasteiger partial charge in [-0.1, -0.05) is 0 Å². The van der Waals surface area contributed by atoms with Crippen molar-refractivity contribution in [3.63, 3.8) is 0 Å². The average molecular weight is 474 g/mol. The first-order chi connectivity index (χ1) is 16.2. The Bertz CT molecular complexity index is 1190. The fourth-order valence-corrected chi connectivity index (χ4v) is 3.38. The zero-order chi connectivity index (χ0) is 24.9. The predicted molar refractivity (Wildman–Crippen MR) is 127 cm³/mol. The summed E-state index contributed by atoms with van der Waals surface area (Å²) in [6, 6.07) is 11.6. The zero-order valence-corrected chi connectivity index (χ0v) is 18.9. The number of pyridine rings is 1. The van der Waals surface area contributed by atoms with E-state index in [-0.39, 0.29) is 0 Å². The van der Waals surface area contributed by atoms with Crippen LogP contribution in [-0.4, -0.2) is 56.4 Å². The van der Waals surface area contributed by atoms with E-state index in [1.807, 2.05) is 6.07 Å². The molecule has 7 nitrogen and oxygen atoms in total. The van der Waals surface area contributed by atoms with Gasteiger partial charge in [0.05, 0.1) is 26.3 Å². The van der Waals surface area contributed by atoms with E-state index in [0.717, 1.165) is 0 Å². The van der Waals surface area contributed by atoms with Crippen molar-refractivity contribution in [3.05, 3.63) is 60.4 Å². The molecule has 0 aliphatic rings. The van der Waals surface area contributed by atoms with Crippen LogP contribution in [0.2, 0.25) is 0 Å². The number of aliphatic hydroxyl groups is 1. The third-order valence-corrected chi connectivity index (χ3v) is 5.14. The van der Waals surface area contributed by atoms with E-state index in [4.69, 9.17) is 15.2 Å². The van der Waals surface area contributed by atoms with Gasteiger partial charge in [-0.15, -0.1) is 0 Å². The largest absolute Gasteiger partial charge is 0.497 e. The Morgan fingerprint density at radius 3 is 2.35 bits per heavy atom. The Kier molecular flexibility index (Phi) is 7.62. The number of methoxy groups -OCH3 is 2. The summed E-state index contributed by atoms with van der Waals surface area (Å²) in [5.74, 6) is 0.782. The summed E-state index contributed by atoms with van der Waals surface area (Å²) in [6.45, 7) is -0.741. The Balaban J connectivity index is 2.15. The zero-order valence-electron chi connectivity index (χ0n) is 18.9. The lowest BCUT2D eigenvalue weighted by molar-refractivity contribution is -0.199. The van der Waals surface area contributed by atoms with Gasteiger partial charge in [-0.05, 0) is 24.3 Å². The van der Waals surface area contributed by atoms with Gasteiger partial charge in [0.15, 0.2) is 6.10 Å². The molecular weight excluding hydrogens is 449 g/mol. The number of nitrogens with two attached hydrogens (primary N) is 1. The van der Waals surface area contributed by atoms with Crippen LogP contribution in [-0.2, 0) is 0 Å². The topological polar surface area (TPSA) is 93.2 Å². The number of fused-ring (bicyclic) bond motifs is 1. The van der Waals surface area contributed by atoms with Crippen molar-refractivity contribution in [2.45, 2.75) is 12.3 Å². The third kappa shape index (κ3) is 5.57. The highest BCUT2D eigenvalue weighted by Crippen LogP contribution is 2.35. The van der Waals surface area contributed by atoms with E-state index in [2.05, 4.69) is 9.98 Å². The lowest BCUT2D eigenvalue weighted by Crippen LogP contribution is -2.39. The molecule has 3 aromatic rings. The quantitative estimate of drug-likeness (QED) is 0.473. The lowest BCUT2D eigenvalue weighted by atomic mass is 10.1. The van der Waals surface area contributed by atoms with Crippen LogP contribution < -0.4 is 20.1 Å². The van der Waals surface area contributed by atoms with Crippen molar-refractivity contribution in [1.29, 1.82) is 0 Å². The smallest absolute Gasteiger partial charge is 0.416 e. The first kappa shape index (κ1) is 24.8. The molecule has 180 valence electrons. The molecule has 10 heteroatoms. The maximum absolute atomic E-state index is 13.3. The minimum atomic E-state index is -4.80. The molecule has 0 aliphatic carbocycles. The first-order valence-corrected chi connectivity index (χ1v) is 10.2. The molecule has 0 amide bonds. The number of halogens is 3. The van der Waals surface area contributed by atoms with E-state index < -0.39 is 18.8 Å². The van der Waals surface area contributed by atoms with Gasteiger partial charge in [-0.25, -0.2) is 0 Å². The van der Waals surface area contributed by atoms with E-state index >= 15 is 0 Å². The number of hydrogen-bond donors (Lipinski definition) is 2. The predicted octanol–water partition coefficient (Wildman–Crippen LogP) is 4.31. The van der Waals surface area contributed by atoms with Crippen LogP contribution in [0.5, 0.6) is 11.5 Å². The number of aliphatic imine (C=N–C) groups is 1. The van der Waals surface area contributed by atoms with Gasteiger partial charge in [-0.3, -0.25) is 9.98 Å². The Labute approximate surface area is 194 Å². The van der Waals surface area contributed by atoms with Crippen molar-refractivity contribution >= 4 is 34.1 Å². The molecule has 3 rings (SSSR count). The summed E-state index contributed by atoms with van der Waals surface area (Å²) in [5, 5.41) is 10.5. The van der Waals surface area contributed by atoms with E-state index in [1.54, 1.807) is 55.9 Å². The van der Waals surface area contributed by atoms with Gasteiger partial charge >= 0.3 is 6.18 Å². The highest BCUT2D eigenvalue weighted by atomic mass is 19.4. The summed E-state index contributed by atoms with van der Waals surface area (Å²) < 4.78 is 50.4. The van der Waals surface area contributed by atoms with Gasteiger partial charge in [0.2, 0.25) is 0 Å². The monoisotopic (exact) mass is 474 g/mol. The van der Waals surface area contributed by atoms with Gasteiger partial charge in [0.25, 0.3) is 0 Å². The van der Waals surface area contributed by atoms with Crippen molar-refractivity contribution in [2.75, 3.05) is 32.7 Å². The second-order valence-corrected chi connectivity index (χ2v) is 7.35. The van der Waals surface area contributed by atoms with Crippen LogP contribution in [0.15, 0.2) is 59.9 Å². The molecule has 0 aliphatic heterocycles. The van der Waals surface area contributed by atoms with Crippen molar-refractivity contribution < 1.29 is 27.8 Å². The minimum Gasteiger partial charge on any atom is -0.497 e. The fourth-order valence-electron chi connectivity index (χ4n) is 3.38.